The third-order valence-corrected chi connectivity index (χ3v) is 4.94. The highest BCUT2D eigenvalue weighted by Gasteiger charge is 2.34. The third-order valence-electron chi connectivity index (χ3n) is 3.84. The number of hydrogen-bond acceptors (Lipinski definition) is 7. The molecule has 0 aliphatic carbocycles. The van der Waals surface area contributed by atoms with Gasteiger partial charge in [0, 0.05) is 7.05 Å². The van der Waals surface area contributed by atoms with Crippen LogP contribution >= 0.6 is 11.8 Å². The average molecular weight is 378 g/mol. The Hall–Kier alpha value is -2.88. The summed E-state index contributed by atoms with van der Waals surface area (Å²) in [6.45, 7) is 0.630. The first kappa shape index (κ1) is 17.9. The molecule has 1 aromatic heterocycles. The number of carboxylic acids is 1. The predicted octanol–water partition coefficient (Wildman–Crippen LogP) is 0.486. The molecule has 3 rings (SSSR count). The monoisotopic (exact) mass is 378 g/mol. The first-order chi connectivity index (χ1) is 12.5. The molecule has 0 bridgehead atoms. The number of hydrogen-bond donors (Lipinski definition) is 3. The number of benzene rings is 1. The van der Waals surface area contributed by atoms with Crippen LogP contribution in [0.15, 0.2) is 39.9 Å². The molecule has 0 amide bonds. The minimum absolute atomic E-state index is 0.145. The quantitative estimate of drug-likeness (QED) is 0.637. The molecule has 0 radical (unpaired) electrons. The number of anilines is 2. The standard InChI is InChI=1S/C16H18N4O5S/c1-19-13-12(14(23)18-15(19)24)20(16(17-13)26-9-11(21)22)7-8-25-10-5-3-2-4-6-10/h2-6,16-17H,7-9H2,1H3,(H,21,22)(H,18,23,24). The number of aromatic amines is 1. The lowest BCUT2D eigenvalue weighted by molar-refractivity contribution is -0.133. The normalized spacial score (nSPS) is 15.4. The van der Waals surface area contributed by atoms with Crippen LogP contribution in [-0.2, 0) is 11.8 Å². The molecule has 9 nitrogen and oxygen atoms in total. The third kappa shape index (κ3) is 3.69. The number of fused-ring (bicyclic) bond motifs is 1. The molecular weight excluding hydrogens is 360 g/mol. The molecule has 2 heterocycles. The van der Waals surface area contributed by atoms with Crippen molar-refractivity contribution >= 4 is 29.2 Å². The van der Waals surface area contributed by atoms with E-state index in [1.807, 2.05) is 30.3 Å². The molecule has 138 valence electrons. The van der Waals surface area contributed by atoms with E-state index in [9.17, 15) is 14.4 Å². The lowest BCUT2D eigenvalue weighted by Crippen LogP contribution is -2.39. The molecule has 0 spiro atoms. The van der Waals surface area contributed by atoms with Crippen molar-refractivity contribution in [2.75, 3.05) is 29.1 Å². The van der Waals surface area contributed by atoms with Gasteiger partial charge < -0.3 is 20.1 Å². The first-order valence-electron chi connectivity index (χ1n) is 7.85. The molecule has 1 atom stereocenters. The number of aliphatic carboxylic acids is 1. The van der Waals surface area contributed by atoms with Crippen molar-refractivity contribution < 1.29 is 14.6 Å². The number of H-pyrrole nitrogens is 1. The van der Waals surface area contributed by atoms with Crippen LogP contribution in [0.5, 0.6) is 5.75 Å². The lowest BCUT2D eigenvalue weighted by atomic mass is 10.3. The Morgan fingerprint density at radius 2 is 2.04 bits per heavy atom. The molecule has 26 heavy (non-hydrogen) atoms. The number of thioether (sulfide) groups is 1. The second-order valence-corrected chi connectivity index (χ2v) is 6.64. The summed E-state index contributed by atoms with van der Waals surface area (Å²) < 4.78 is 6.97. The van der Waals surface area contributed by atoms with Gasteiger partial charge in [0.05, 0.1) is 12.3 Å². The van der Waals surface area contributed by atoms with E-state index in [4.69, 9.17) is 9.84 Å². The average Bonchev–Trinajstić information content (AvgIpc) is 2.98. The van der Waals surface area contributed by atoms with Gasteiger partial charge in [0.15, 0.2) is 0 Å². The lowest BCUT2D eigenvalue weighted by Gasteiger charge is -2.25. The molecule has 2 aromatic rings. The molecule has 1 unspecified atom stereocenters. The molecule has 0 saturated heterocycles. The van der Waals surface area contributed by atoms with E-state index >= 15 is 0 Å². The Labute approximate surface area is 152 Å². The second-order valence-electron chi connectivity index (χ2n) is 5.57. The first-order valence-corrected chi connectivity index (χ1v) is 8.90. The minimum Gasteiger partial charge on any atom is -0.492 e. The Kier molecular flexibility index (Phi) is 5.21. The fraction of sp³-hybridized carbons (Fsp3) is 0.312. The van der Waals surface area contributed by atoms with Crippen LogP contribution in [0.25, 0.3) is 0 Å². The van der Waals surface area contributed by atoms with Crippen LogP contribution in [0.3, 0.4) is 0 Å². The topological polar surface area (TPSA) is 117 Å². The van der Waals surface area contributed by atoms with E-state index in [2.05, 4.69) is 10.3 Å². The summed E-state index contributed by atoms with van der Waals surface area (Å²) in [7, 11) is 1.53. The summed E-state index contributed by atoms with van der Waals surface area (Å²) in [5, 5.41) is 12.0. The maximum absolute atomic E-state index is 12.3. The van der Waals surface area contributed by atoms with Crippen molar-refractivity contribution in [3.63, 3.8) is 0 Å². The Bertz CT molecular complexity index is 911. The fourth-order valence-electron chi connectivity index (χ4n) is 2.64. The molecule has 1 aromatic carbocycles. The smallest absolute Gasteiger partial charge is 0.329 e. The highest BCUT2D eigenvalue weighted by molar-refractivity contribution is 8.00. The zero-order chi connectivity index (χ0) is 18.7. The summed E-state index contributed by atoms with van der Waals surface area (Å²) in [4.78, 5) is 39.0. The van der Waals surface area contributed by atoms with Crippen LogP contribution in [0.1, 0.15) is 0 Å². The number of para-hydroxylation sites is 1. The van der Waals surface area contributed by atoms with Gasteiger partial charge in [-0.1, -0.05) is 18.2 Å². The largest absolute Gasteiger partial charge is 0.492 e. The number of nitrogens with zero attached hydrogens (tertiary/aromatic N) is 2. The van der Waals surface area contributed by atoms with Crippen LogP contribution in [0.2, 0.25) is 0 Å². The van der Waals surface area contributed by atoms with E-state index < -0.39 is 22.7 Å². The van der Waals surface area contributed by atoms with Gasteiger partial charge in [-0.2, -0.15) is 0 Å². The van der Waals surface area contributed by atoms with Crippen molar-refractivity contribution in [1.29, 1.82) is 0 Å². The number of nitrogens with one attached hydrogen (secondary N) is 2. The Morgan fingerprint density at radius 3 is 2.73 bits per heavy atom. The Morgan fingerprint density at radius 1 is 1.31 bits per heavy atom. The summed E-state index contributed by atoms with van der Waals surface area (Å²) in [6, 6.07) is 9.24. The van der Waals surface area contributed by atoms with Crippen molar-refractivity contribution in [3.8, 4) is 5.75 Å². The molecule has 3 N–H and O–H groups in total. The summed E-state index contributed by atoms with van der Waals surface area (Å²) in [6.07, 6.45) is 0. The SMILES string of the molecule is Cn1c2c(c(=O)[nH]c1=O)N(CCOc1ccccc1)C(SCC(=O)O)N2. The van der Waals surface area contributed by atoms with Crippen molar-refractivity contribution in [2.24, 2.45) is 7.05 Å². The summed E-state index contributed by atoms with van der Waals surface area (Å²) in [5.74, 6) is -0.0468. The molecule has 1 aliphatic heterocycles. The van der Waals surface area contributed by atoms with Crippen molar-refractivity contribution in [2.45, 2.75) is 5.50 Å². The number of ether oxygens (including phenoxy) is 1. The molecule has 1 aliphatic rings. The van der Waals surface area contributed by atoms with E-state index in [0.717, 1.165) is 11.8 Å². The fourth-order valence-corrected chi connectivity index (χ4v) is 3.53. The summed E-state index contributed by atoms with van der Waals surface area (Å²) in [5.41, 5.74) is -1.25. The second kappa shape index (κ2) is 7.56. The number of carboxylic acid groups (broad SMARTS) is 1. The zero-order valence-corrected chi connectivity index (χ0v) is 14.8. The number of rotatable bonds is 7. The van der Waals surface area contributed by atoms with Crippen molar-refractivity contribution in [3.05, 3.63) is 51.2 Å². The van der Waals surface area contributed by atoms with E-state index in [1.165, 1.54) is 11.6 Å². The zero-order valence-electron chi connectivity index (χ0n) is 14.0. The van der Waals surface area contributed by atoms with E-state index in [1.54, 1.807) is 4.90 Å². The maximum Gasteiger partial charge on any atom is 0.329 e. The van der Waals surface area contributed by atoms with Gasteiger partial charge in [0.1, 0.15) is 29.4 Å². The number of carbonyl (C=O) groups is 1. The Balaban J connectivity index is 1.81. The highest BCUT2D eigenvalue weighted by atomic mass is 32.2. The highest BCUT2D eigenvalue weighted by Crippen LogP contribution is 2.34. The van der Waals surface area contributed by atoms with Crippen molar-refractivity contribution in [1.82, 2.24) is 9.55 Å². The number of aromatic nitrogens is 2. The van der Waals surface area contributed by atoms with Gasteiger partial charge in [-0.25, -0.2) is 4.79 Å². The van der Waals surface area contributed by atoms with Crippen LogP contribution in [-0.4, -0.2) is 45.0 Å². The minimum atomic E-state index is -0.962. The van der Waals surface area contributed by atoms with Gasteiger partial charge >= 0.3 is 11.7 Å². The van der Waals surface area contributed by atoms with Gasteiger partial charge in [-0.05, 0) is 12.1 Å². The van der Waals surface area contributed by atoms with Crippen LogP contribution in [0, 0.1) is 0 Å². The molecular formula is C16H18N4O5S. The molecule has 0 saturated carbocycles. The van der Waals surface area contributed by atoms with Crippen LogP contribution in [0.4, 0.5) is 11.5 Å². The van der Waals surface area contributed by atoms with Gasteiger partial charge in [0.25, 0.3) is 5.56 Å². The van der Waals surface area contributed by atoms with Gasteiger partial charge in [-0.15, -0.1) is 11.8 Å². The van der Waals surface area contributed by atoms with E-state index in [0.29, 0.717) is 23.8 Å². The van der Waals surface area contributed by atoms with E-state index in [-0.39, 0.29) is 12.4 Å². The maximum atomic E-state index is 12.3. The van der Waals surface area contributed by atoms with Crippen LogP contribution < -0.4 is 26.2 Å². The molecule has 0 fully saturated rings. The summed E-state index contributed by atoms with van der Waals surface area (Å²) >= 11 is 1.12. The molecule has 10 heteroatoms. The van der Waals surface area contributed by atoms with Gasteiger partial charge in [0.2, 0.25) is 0 Å². The predicted molar refractivity (Wildman–Crippen MR) is 99.1 cm³/mol. The van der Waals surface area contributed by atoms with Gasteiger partial charge in [-0.3, -0.25) is 19.1 Å².